The molecule has 98 valence electrons. The van der Waals surface area contributed by atoms with Crippen LogP contribution >= 0.6 is 11.8 Å². The number of hydrogen-bond donors (Lipinski definition) is 2. The van der Waals surface area contributed by atoms with Gasteiger partial charge in [-0.05, 0) is 5.92 Å². The molecule has 2 N–H and O–H groups in total. The molecule has 5 nitrogen and oxygen atoms in total. The number of aliphatic carboxylic acids is 1. The number of carbonyl (C=O) groups excluding carboxylic acids is 2. The second kappa shape index (κ2) is 7.32. The number of carboxylic acid groups (broad SMARTS) is 1. The molecule has 17 heavy (non-hydrogen) atoms. The topological polar surface area (TPSA) is 83.5 Å². The minimum atomic E-state index is -1.04. The van der Waals surface area contributed by atoms with Crippen molar-refractivity contribution in [2.75, 3.05) is 5.75 Å². The third-order valence-corrected chi connectivity index (χ3v) is 3.29. The van der Waals surface area contributed by atoms with Gasteiger partial charge in [-0.1, -0.05) is 32.5 Å². The van der Waals surface area contributed by atoms with Gasteiger partial charge in [-0.2, -0.15) is 0 Å². The van der Waals surface area contributed by atoms with Crippen molar-refractivity contribution < 1.29 is 19.5 Å². The van der Waals surface area contributed by atoms with E-state index in [2.05, 4.69) is 5.32 Å². The van der Waals surface area contributed by atoms with Crippen LogP contribution < -0.4 is 5.32 Å². The van der Waals surface area contributed by atoms with Crippen molar-refractivity contribution in [1.29, 1.82) is 0 Å². The van der Waals surface area contributed by atoms with E-state index < -0.39 is 12.0 Å². The van der Waals surface area contributed by atoms with Crippen LogP contribution in [0.4, 0.5) is 0 Å². The molecule has 0 aromatic heterocycles. The Balaban J connectivity index is 4.31. The van der Waals surface area contributed by atoms with Gasteiger partial charge in [-0.3, -0.25) is 9.59 Å². The number of rotatable bonds is 6. The van der Waals surface area contributed by atoms with Crippen molar-refractivity contribution in [2.24, 2.45) is 11.8 Å². The predicted octanol–water partition coefficient (Wildman–Crippen LogP) is 1.13. The Morgan fingerprint density at radius 1 is 1.24 bits per heavy atom. The Morgan fingerprint density at radius 3 is 2.12 bits per heavy atom. The molecule has 0 saturated carbocycles. The maximum absolute atomic E-state index is 11.7. The van der Waals surface area contributed by atoms with Crippen LogP contribution in [0.5, 0.6) is 0 Å². The van der Waals surface area contributed by atoms with Crippen LogP contribution in [0.3, 0.4) is 0 Å². The Hall–Kier alpha value is -1.04. The molecular formula is C11H19NO4S. The molecule has 0 spiro atoms. The molecule has 6 heteroatoms. The summed E-state index contributed by atoms with van der Waals surface area (Å²) in [6.07, 6.45) is 0. The van der Waals surface area contributed by atoms with Crippen molar-refractivity contribution >= 4 is 28.8 Å². The molecule has 0 rings (SSSR count). The third kappa shape index (κ3) is 6.31. The zero-order chi connectivity index (χ0) is 13.6. The summed E-state index contributed by atoms with van der Waals surface area (Å²) < 4.78 is 0. The van der Waals surface area contributed by atoms with Crippen LogP contribution in [0, 0.1) is 11.8 Å². The smallest absolute Gasteiger partial charge is 0.326 e. The zero-order valence-electron chi connectivity index (χ0n) is 10.5. The summed E-state index contributed by atoms with van der Waals surface area (Å²) in [7, 11) is 0. The summed E-state index contributed by atoms with van der Waals surface area (Å²) in [4.78, 5) is 33.3. The lowest BCUT2D eigenvalue weighted by atomic mass is 10.0. The van der Waals surface area contributed by atoms with E-state index in [4.69, 9.17) is 5.11 Å². The van der Waals surface area contributed by atoms with Gasteiger partial charge >= 0.3 is 5.97 Å². The van der Waals surface area contributed by atoms with Crippen molar-refractivity contribution in [3.05, 3.63) is 0 Å². The van der Waals surface area contributed by atoms with Crippen LogP contribution in [0.2, 0.25) is 0 Å². The highest BCUT2D eigenvalue weighted by molar-refractivity contribution is 8.13. The van der Waals surface area contributed by atoms with Gasteiger partial charge in [0.2, 0.25) is 5.91 Å². The standard InChI is InChI=1S/C11H19NO4S/c1-6(2)9(11(15)16)12-10(14)7(3)5-17-8(4)13/h6-7,9H,5H2,1-4H3,(H,12,14)(H,15,16)/t7?,9-/m0/s1. The number of amides is 1. The summed E-state index contributed by atoms with van der Waals surface area (Å²) in [6.45, 7) is 6.57. The number of nitrogens with one attached hydrogen (secondary N) is 1. The fraction of sp³-hybridized carbons (Fsp3) is 0.727. The van der Waals surface area contributed by atoms with Gasteiger partial charge in [-0.25, -0.2) is 4.79 Å². The van der Waals surface area contributed by atoms with E-state index in [0.29, 0.717) is 5.75 Å². The number of thioether (sulfide) groups is 1. The predicted molar refractivity (Wildman–Crippen MR) is 66.7 cm³/mol. The van der Waals surface area contributed by atoms with Gasteiger partial charge in [0.15, 0.2) is 5.12 Å². The minimum Gasteiger partial charge on any atom is -0.480 e. The largest absolute Gasteiger partial charge is 0.480 e. The SMILES string of the molecule is CC(=O)SCC(C)C(=O)N[C@H](C(=O)O)C(C)C. The van der Waals surface area contributed by atoms with Crippen LogP contribution in [-0.2, 0) is 14.4 Å². The molecule has 0 aromatic carbocycles. The Bertz CT molecular complexity index is 304. The molecular weight excluding hydrogens is 242 g/mol. The molecule has 2 atom stereocenters. The summed E-state index contributed by atoms with van der Waals surface area (Å²) in [6, 6.07) is -0.882. The van der Waals surface area contributed by atoms with E-state index >= 15 is 0 Å². The summed E-state index contributed by atoms with van der Waals surface area (Å²) in [5, 5.41) is 11.3. The molecule has 0 heterocycles. The maximum atomic E-state index is 11.7. The Morgan fingerprint density at radius 2 is 1.76 bits per heavy atom. The zero-order valence-corrected chi connectivity index (χ0v) is 11.3. The molecule has 0 bridgehead atoms. The minimum absolute atomic E-state index is 0.0525. The van der Waals surface area contributed by atoms with Crippen molar-refractivity contribution in [1.82, 2.24) is 5.32 Å². The Labute approximate surface area is 105 Å². The van der Waals surface area contributed by atoms with Gasteiger partial charge in [0.05, 0.1) is 0 Å². The van der Waals surface area contributed by atoms with E-state index in [1.165, 1.54) is 6.92 Å². The van der Waals surface area contributed by atoms with Crippen LogP contribution in [0.25, 0.3) is 0 Å². The second-order valence-electron chi connectivity index (χ2n) is 4.27. The summed E-state index contributed by atoms with van der Waals surface area (Å²) in [5.74, 6) is -1.57. The third-order valence-electron chi connectivity index (χ3n) is 2.21. The molecule has 0 aromatic rings. The molecule has 0 radical (unpaired) electrons. The van der Waals surface area contributed by atoms with E-state index in [-0.39, 0.29) is 22.9 Å². The van der Waals surface area contributed by atoms with E-state index in [1.54, 1.807) is 20.8 Å². The fourth-order valence-corrected chi connectivity index (χ4v) is 1.76. The lowest BCUT2D eigenvalue weighted by Gasteiger charge is -2.20. The maximum Gasteiger partial charge on any atom is 0.326 e. The molecule has 0 aliphatic carbocycles. The normalized spacial score (nSPS) is 14.2. The molecule has 0 aliphatic heterocycles. The molecule has 0 fully saturated rings. The second-order valence-corrected chi connectivity index (χ2v) is 5.47. The lowest BCUT2D eigenvalue weighted by Crippen LogP contribution is -2.46. The molecule has 1 unspecified atom stereocenters. The van der Waals surface area contributed by atoms with E-state index in [1.807, 2.05) is 0 Å². The number of carboxylic acids is 1. The Kier molecular flexibility index (Phi) is 6.87. The molecule has 1 amide bonds. The summed E-state index contributed by atoms with van der Waals surface area (Å²) >= 11 is 1.06. The van der Waals surface area contributed by atoms with Gasteiger partial charge in [0.25, 0.3) is 0 Å². The average Bonchev–Trinajstić information content (AvgIpc) is 2.20. The highest BCUT2D eigenvalue weighted by Crippen LogP contribution is 2.10. The van der Waals surface area contributed by atoms with Gasteiger partial charge in [0.1, 0.15) is 6.04 Å². The first-order valence-electron chi connectivity index (χ1n) is 5.42. The lowest BCUT2D eigenvalue weighted by molar-refractivity contribution is -0.143. The van der Waals surface area contributed by atoms with Crippen LogP contribution in [-0.4, -0.2) is 33.9 Å². The number of hydrogen-bond acceptors (Lipinski definition) is 4. The monoisotopic (exact) mass is 261 g/mol. The van der Waals surface area contributed by atoms with Crippen LogP contribution in [0.1, 0.15) is 27.7 Å². The quantitative estimate of drug-likeness (QED) is 0.748. The first-order chi connectivity index (χ1) is 7.75. The summed E-state index contributed by atoms with van der Waals surface area (Å²) in [5.41, 5.74) is 0. The highest BCUT2D eigenvalue weighted by atomic mass is 32.2. The fourth-order valence-electron chi connectivity index (χ4n) is 1.13. The first kappa shape index (κ1) is 16.0. The van der Waals surface area contributed by atoms with Crippen molar-refractivity contribution in [3.8, 4) is 0 Å². The van der Waals surface area contributed by atoms with Crippen molar-refractivity contribution in [2.45, 2.75) is 33.7 Å². The van der Waals surface area contributed by atoms with Gasteiger partial charge in [0, 0.05) is 18.6 Å². The first-order valence-corrected chi connectivity index (χ1v) is 6.40. The van der Waals surface area contributed by atoms with Crippen molar-refractivity contribution in [3.63, 3.8) is 0 Å². The van der Waals surface area contributed by atoms with Gasteiger partial charge in [-0.15, -0.1) is 0 Å². The van der Waals surface area contributed by atoms with Gasteiger partial charge < -0.3 is 10.4 Å². The number of carbonyl (C=O) groups is 3. The molecule has 0 saturated heterocycles. The molecule has 0 aliphatic rings. The van der Waals surface area contributed by atoms with Crippen LogP contribution in [0.15, 0.2) is 0 Å². The van der Waals surface area contributed by atoms with E-state index in [0.717, 1.165) is 11.8 Å². The highest BCUT2D eigenvalue weighted by Gasteiger charge is 2.25. The van der Waals surface area contributed by atoms with E-state index in [9.17, 15) is 14.4 Å². The average molecular weight is 261 g/mol.